The van der Waals surface area contributed by atoms with Crippen LogP contribution in [-0.4, -0.2) is 36.9 Å². The molecular weight excluding hydrogens is 194 g/mol. The van der Waals surface area contributed by atoms with Gasteiger partial charge < -0.3 is 15.2 Å². The molecule has 1 unspecified atom stereocenters. The van der Waals surface area contributed by atoms with E-state index in [4.69, 9.17) is 4.74 Å². The van der Waals surface area contributed by atoms with Crippen LogP contribution in [0, 0.1) is 5.41 Å². The first-order valence-electron chi connectivity index (χ1n) is 5.70. The lowest BCUT2D eigenvalue weighted by atomic mass is 9.77. The van der Waals surface area contributed by atoms with E-state index in [0.29, 0.717) is 25.9 Å². The third kappa shape index (κ3) is 2.92. The quantitative estimate of drug-likeness (QED) is 0.724. The minimum atomic E-state index is -0.693. The zero-order valence-electron chi connectivity index (χ0n) is 9.58. The summed E-state index contributed by atoms with van der Waals surface area (Å²) in [6, 6.07) is 0. The maximum atomic E-state index is 11.3. The largest absolute Gasteiger partial charge is 0.481 e. The number of rotatable bonds is 5. The van der Waals surface area contributed by atoms with Gasteiger partial charge in [0.15, 0.2) is 0 Å². The summed E-state index contributed by atoms with van der Waals surface area (Å²) in [6.07, 6.45) is 1.99. The molecule has 2 N–H and O–H groups in total. The molecule has 0 aromatic heterocycles. The van der Waals surface area contributed by atoms with E-state index in [1.54, 1.807) is 0 Å². The van der Waals surface area contributed by atoms with E-state index in [0.717, 1.165) is 13.1 Å². The van der Waals surface area contributed by atoms with Crippen LogP contribution in [0.15, 0.2) is 0 Å². The van der Waals surface area contributed by atoms with Crippen LogP contribution in [0.5, 0.6) is 0 Å². The van der Waals surface area contributed by atoms with Gasteiger partial charge in [-0.05, 0) is 19.3 Å². The smallest absolute Gasteiger partial charge is 0.309 e. The van der Waals surface area contributed by atoms with Gasteiger partial charge in [0.1, 0.15) is 0 Å². The van der Waals surface area contributed by atoms with E-state index < -0.39 is 11.4 Å². The summed E-state index contributed by atoms with van der Waals surface area (Å²) in [4.78, 5) is 11.3. The fourth-order valence-electron chi connectivity index (χ4n) is 2.12. The maximum Gasteiger partial charge on any atom is 0.309 e. The number of ether oxygens (including phenoxy) is 1. The van der Waals surface area contributed by atoms with Crippen molar-refractivity contribution < 1.29 is 14.6 Å². The molecule has 0 radical (unpaired) electrons. The van der Waals surface area contributed by atoms with Gasteiger partial charge in [-0.3, -0.25) is 4.79 Å². The first kappa shape index (κ1) is 12.5. The molecule has 1 saturated heterocycles. The number of aliphatic carboxylic acids is 1. The Labute approximate surface area is 91.0 Å². The van der Waals surface area contributed by atoms with Crippen molar-refractivity contribution in [1.29, 1.82) is 0 Å². The second-order valence-electron chi connectivity index (χ2n) is 4.19. The van der Waals surface area contributed by atoms with Gasteiger partial charge in [0, 0.05) is 13.1 Å². The van der Waals surface area contributed by atoms with Gasteiger partial charge in [-0.15, -0.1) is 0 Å². The highest BCUT2D eigenvalue weighted by atomic mass is 16.5. The van der Waals surface area contributed by atoms with Crippen molar-refractivity contribution in [2.45, 2.75) is 39.2 Å². The minimum Gasteiger partial charge on any atom is -0.481 e. The summed E-state index contributed by atoms with van der Waals surface area (Å²) in [6.45, 7) is 6.21. The summed E-state index contributed by atoms with van der Waals surface area (Å²) >= 11 is 0. The van der Waals surface area contributed by atoms with Crippen LogP contribution in [0.1, 0.15) is 33.1 Å². The number of hydrogen-bond donors (Lipinski definition) is 2. The molecule has 0 bridgehead atoms. The normalized spacial score (nSPS) is 22.7. The topological polar surface area (TPSA) is 58.6 Å². The molecule has 1 fully saturated rings. The Morgan fingerprint density at radius 2 is 2.20 bits per heavy atom. The van der Waals surface area contributed by atoms with Gasteiger partial charge >= 0.3 is 5.97 Å². The Morgan fingerprint density at radius 3 is 2.60 bits per heavy atom. The second kappa shape index (κ2) is 5.47. The lowest BCUT2D eigenvalue weighted by Crippen LogP contribution is -2.43. The van der Waals surface area contributed by atoms with Crippen molar-refractivity contribution in [2.24, 2.45) is 5.41 Å². The SMILES string of the molecule is CCC(CC)(CC1CNCCO1)C(=O)O. The molecule has 4 heteroatoms. The Bertz CT molecular complexity index is 208. The molecule has 88 valence electrons. The molecule has 0 saturated carbocycles. The van der Waals surface area contributed by atoms with E-state index in [1.807, 2.05) is 13.8 Å². The molecule has 15 heavy (non-hydrogen) atoms. The molecule has 0 aromatic carbocycles. The third-order valence-corrected chi connectivity index (χ3v) is 3.43. The van der Waals surface area contributed by atoms with E-state index in [9.17, 15) is 9.90 Å². The van der Waals surface area contributed by atoms with Crippen molar-refractivity contribution >= 4 is 5.97 Å². The molecule has 1 heterocycles. The van der Waals surface area contributed by atoms with Crippen LogP contribution in [0.3, 0.4) is 0 Å². The number of nitrogens with one attached hydrogen (secondary N) is 1. The monoisotopic (exact) mass is 215 g/mol. The number of morpholine rings is 1. The van der Waals surface area contributed by atoms with Crippen LogP contribution in [0.25, 0.3) is 0 Å². The van der Waals surface area contributed by atoms with E-state index in [1.165, 1.54) is 0 Å². The van der Waals surface area contributed by atoms with Crippen LogP contribution < -0.4 is 5.32 Å². The summed E-state index contributed by atoms with van der Waals surface area (Å²) in [5.74, 6) is -0.693. The summed E-state index contributed by atoms with van der Waals surface area (Å²) in [5.41, 5.74) is -0.607. The van der Waals surface area contributed by atoms with Crippen LogP contribution in [0.4, 0.5) is 0 Å². The van der Waals surface area contributed by atoms with Crippen molar-refractivity contribution in [3.05, 3.63) is 0 Å². The van der Waals surface area contributed by atoms with Crippen LogP contribution in [0.2, 0.25) is 0 Å². The molecule has 0 spiro atoms. The molecule has 0 amide bonds. The van der Waals surface area contributed by atoms with Gasteiger partial charge in [-0.1, -0.05) is 13.8 Å². The molecule has 1 rings (SSSR count). The Kier molecular flexibility index (Phi) is 4.54. The van der Waals surface area contributed by atoms with Crippen molar-refractivity contribution in [3.8, 4) is 0 Å². The van der Waals surface area contributed by atoms with Gasteiger partial charge in [-0.25, -0.2) is 0 Å². The summed E-state index contributed by atoms with van der Waals surface area (Å²) in [7, 11) is 0. The number of carboxylic acids is 1. The lowest BCUT2D eigenvalue weighted by Gasteiger charge is -2.33. The first-order chi connectivity index (χ1) is 7.14. The molecule has 1 aliphatic rings. The molecule has 0 aromatic rings. The molecule has 0 aliphatic carbocycles. The van der Waals surface area contributed by atoms with E-state index >= 15 is 0 Å². The zero-order chi connectivity index (χ0) is 11.3. The van der Waals surface area contributed by atoms with Crippen molar-refractivity contribution in [2.75, 3.05) is 19.7 Å². The fourth-order valence-corrected chi connectivity index (χ4v) is 2.12. The second-order valence-corrected chi connectivity index (χ2v) is 4.19. The number of carboxylic acid groups (broad SMARTS) is 1. The predicted octanol–water partition coefficient (Wildman–Crippen LogP) is 1.26. The third-order valence-electron chi connectivity index (χ3n) is 3.43. The summed E-state index contributed by atoms with van der Waals surface area (Å²) in [5, 5.41) is 12.5. The first-order valence-corrected chi connectivity index (χ1v) is 5.70. The highest BCUT2D eigenvalue weighted by Crippen LogP contribution is 2.33. The van der Waals surface area contributed by atoms with Crippen molar-refractivity contribution in [3.63, 3.8) is 0 Å². The lowest BCUT2D eigenvalue weighted by molar-refractivity contribution is -0.152. The Hall–Kier alpha value is -0.610. The highest BCUT2D eigenvalue weighted by molar-refractivity contribution is 5.74. The average molecular weight is 215 g/mol. The molecule has 1 atom stereocenters. The Morgan fingerprint density at radius 1 is 1.53 bits per heavy atom. The predicted molar refractivity (Wildman–Crippen MR) is 57.9 cm³/mol. The summed E-state index contributed by atoms with van der Waals surface area (Å²) < 4.78 is 5.56. The number of hydrogen-bond acceptors (Lipinski definition) is 3. The Balaban J connectivity index is 2.60. The van der Waals surface area contributed by atoms with Gasteiger partial charge in [0.2, 0.25) is 0 Å². The standard InChI is InChI=1S/C11H21NO3/c1-3-11(4-2,10(13)14)7-9-8-12-5-6-15-9/h9,12H,3-8H2,1-2H3,(H,13,14). The van der Waals surface area contributed by atoms with E-state index in [2.05, 4.69) is 5.32 Å². The van der Waals surface area contributed by atoms with Crippen molar-refractivity contribution in [1.82, 2.24) is 5.32 Å². The molecule has 4 nitrogen and oxygen atoms in total. The number of carbonyl (C=O) groups is 1. The minimum absolute atomic E-state index is 0.0507. The molecular formula is C11H21NO3. The van der Waals surface area contributed by atoms with Gasteiger partial charge in [-0.2, -0.15) is 0 Å². The average Bonchev–Trinajstić information content (AvgIpc) is 2.27. The maximum absolute atomic E-state index is 11.3. The zero-order valence-corrected chi connectivity index (χ0v) is 9.58. The van der Waals surface area contributed by atoms with Gasteiger partial charge in [0.05, 0.1) is 18.1 Å². The molecule has 1 aliphatic heterocycles. The van der Waals surface area contributed by atoms with Crippen LogP contribution in [-0.2, 0) is 9.53 Å². The van der Waals surface area contributed by atoms with E-state index in [-0.39, 0.29) is 6.10 Å². The highest BCUT2D eigenvalue weighted by Gasteiger charge is 2.37. The fraction of sp³-hybridized carbons (Fsp3) is 0.909. The van der Waals surface area contributed by atoms with Crippen LogP contribution >= 0.6 is 0 Å². The van der Waals surface area contributed by atoms with Gasteiger partial charge in [0.25, 0.3) is 0 Å².